The van der Waals surface area contributed by atoms with Crippen LogP contribution >= 0.6 is 0 Å². The Morgan fingerprint density at radius 1 is 0.893 bits per heavy atom. The molecule has 2 aromatic rings. The zero-order valence-corrected chi connectivity index (χ0v) is 15.4. The van der Waals surface area contributed by atoms with Gasteiger partial charge in [-0.3, -0.25) is 0 Å². The molecule has 0 atom stereocenters. The van der Waals surface area contributed by atoms with Crippen LogP contribution in [0.15, 0.2) is 36.4 Å². The molecular formula is C19H21NO8. The lowest BCUT2D eigenvalue weighted by atomic mass is 10.1. The number of rotatable bonds is 6. The predicted octanol–water partition coefficient (Wildman–Crippen LogP) is 1.88. The fraction of sp³-hybridized carbons (Fsp3) is 0.263. The van der Waals surface area contributed by atoms with Crippen molar-refractivity contribution in [2.24, 2.45) is 0 Å². The van der Waals surface area contributed by atoms with Crippen molar-refractivity contribution >= 4 is 11.9 Å². The van der Waals surface area contributed by atoms with Gasteiger partial charge in [0.05, 0.1) is 14.2 Å². The Hall–Kier alpha value is -3.46. The van der Waals surface area contributed by atoms with Crippen molar-refractivity contribution in [1.82, 2.24) is 5.32 Å². The standard InChI is InChI=1S/C17H19NO4.C2H2O4/c1-19-14-5-13(6-15(8-14)20-2)10-18-9-12-3-4-16-17(7-12)22-11-21-16;3-1(4)2(5)6/h3-8,18H,9-11H2,1-2H3;(H,3,4)(H,5,6). The van der Waals surface area contributed by atoms with Crippen LogP contribution in [0.1, 0.15) is 11.1 Å². The first kappa shape index (κ1) is 20.8. The average molecular weight is 391 g/mol. The van der Waals surface area contributed by atoms with Crippen molar-refractivity contribution in [3.8, 4) is 23.0 Å². The van der Waals surface area contributed by atoms with E-state index in [1.54, 1.807) is 14.2 Å². The third-order valence-corrected chi connectivity index (χ3v) is 3.69. The molecule has 0 unspecified atom stereocenters. The van der Waals surface area contributed by atoms with Crippen molar-refractivity contribution in [1.29, 1.82) is 0 Å². The van der Waals surface area contributed by atoms with Crippen LogP contribution in [0.25, 0.3) is 0 Å². The van der Waals surface area contributed by atoms with Crippen molar-refractivity contribution in [3.05, 3.63) is 47.5 Å². The molecule has 0 spiro atoms. The zero-order valence-electron chi connectivity index (χ0n) is 15.4. The number of carboxylic acid groups (broad SMARTS) is 2. The Bertz CT molecular complexity index is 802. The quantitative estimate of drug-likeness (QED) is 0.633. The number of benzene rings is 2. The maximum atomic E-state index is 9.10. The number of nitrogens with one attached hydrogen (secondary N) is 1. The lowest BCUT2D eigenvalue weighted by Crippen LogP contribution is -2.12. The van der Waals surface area contributed by atoms with Crippen LogP contribution in [0.5, 0.6) is 23.0 Å². The van der Waals surface area contributed by atoms with E-state index in [4.69, 9.17) is 38.7 Å². The van der Waals surface area contributed by atoms with Crippen LogP contribution in [0.2, 0.25) is 0 Å². The maximum Gasteiger partial charge on any atom is 0.414 e. The second kappa shape index (κ2) is 10.0. The Morgan fingerprint density at radius 3 is 2.04 bits per heavy atom. The summed E-state index contributed by atoms with van der Waals surface area (Å²) in [6.07, 6.45) is 0. The molecule has 1 aliphatic rings. The van der Waals surface area contributed by atoms with Gasteiger partial charge in [0.1, 0.15) is 11.5 Å². The van der Waals surface area contributed by atoms with E-state index in [-0.39, 0.29) is 0 Å². The van der Waals surface area contributed by atoms with Crippen molar-refractivity contribution in [2.75, 3.05) is 21.0 Å². The molecule has 0 saturated heterocycles. The van der Waals surface area contributed by atoms with Gasteiger partial charge in [0.25, 0.3) is 0 Å². The summed E-state index contributed by atoms with van der Waals surface area (Å²) in [5, 5.41) is 18.2. The van der Waals surface area contributed by atoms with Crippen LogP contribution < -0.4 is 24.3 Å². The van der Waals surface area contributed by atoms with E-state index in [1.165, 1.54) is 0 Å². The molecule has 9 heteroatoms. The third kappa shape index (κ3) is 6.06. The number of fused-ring (bicyclic) bond motifs is 1. The number of ether oxygens (including phenoxy) is 4. The Morgan fingerprint density at radius 2 is 1.46 bits per heavy atom. The van der Waals surface area contributed by atoms with E-state index in [9.17, 15) is 0 Å². The number of hydrogen-bond acceptors (Lipinski definition) is 7. The summed E-state index contributed by atoms with van der Waals surface area (Å²) in [6.45, 7) is 1.77. The molecule has 0 aliphatic carbocycles. The molecule has 150 valence electrons. The highest BCUT2D eigenvalue weighted by Gasteiger charge is 2.12. The van der Waals surface area contributed by atoms with E-state index in [2.05, 4.69) is 5.32 Å². The average Bonchev–Trinajstić information content (AvgIpc) is 3.16. The topological polar surface area (TPSA) is 124 Å². The van der Waals surface area contributed by atoms with Gasteiger partial charge in [-0.25, -0.2) is 9.59 Å². The minimum absolute atomic E-state index is 0.301. The molecule has 9 nitrogen and oxygen atoms in total. The normalized spacial score (nSPS) is 11.2. The highest BCUT2D eigenvalue weighted by atomic mass is 16.7. The Kier molecular flexibility index (Phi) is 7.46. The maximum absolute atomic E-state index is 9.10. The van der Waals surface area contributed by atoms with Gasteiger partial charge in [-0.2, -0.15) is 0 Å². The molecule has 0 aromatic heterocycles. The van der Waals surface area contributed by atoms with Gasteiger partial charge in [-0.15, -0.1) is 0 Å². The van der Waals surface area contributed by atoms with Gasteiger partial charge in [-0.1, -0.05) is 6.07 Å². The van der Waals surface area contributed by atoms with Gasteiger partial charge in [0.2, 0.25) is 6.79 Å². The fourth-order valence-electron chi connectivity index (χ4n) is 2.37. The van der Waals surface area contributed by atoms with Crippen LogP contribution in [-0.2, 0) is 22.7 Å². The van der Waals surface area contributed by atoms with Crippen LogP contribution in [-0.4, -0.2) is 43.2 Å². The van der Waals surface area contributed by atoms with Crippen LogP contribution in [0.4, 0.5) is 0 Å². The first-order chi connectivity index (χ1) is 13.4. The molecule has 0 fully saturated rings. The van der Waals surface area contributed by atoms with Gasteiger partial charge in [0.15, 0.2) is 11.5 Å². The molecule has 0 amide bonds. The lowest BCUT2D eigenvalue weighted by Gasteiger charge is -2.10. The first-order valence-electron chi connectivity index (χ1n) is 8.20. The van der Waals surface area contributed by atoms with Gasteiger partial charge >= 0.3 is 11.9 Å². The first-order valence-corrected chi connectivity index (χ1v) is 8.20. The molecule has 1 heterocycles. The van der Waals surface area contributed by atoms with E-state index in [1.807, 2.05) is 36.4 Å². The van der Waals surface area contributed by atoms with Crippen LogP contribution in [0, 0.1) is 0 Å². The van der Waals surface area contributed by atoms with E-state index in [0.717, 1.165) is 47.2 Å². The fourth-order valence-corrected chi connectivity index (χ4v) is 2.37. The molecule has 0 bridgehead atoms. The van der Waals surface area contributed by atoms with Crippen molar-refractivity contribution in [2.45, 2.75) is 13.1 Å². The monoisotopic (exact) mass is 391 g/mol. The summed E-state index contributed by atoms with van der Waals surface area (Å²) in [7, 11) is 3.30. The van der Waals surface area contributed by atoms with Gasteiger partial charge in [-0.05, 0) is 35.4 Å². The minimum Gasteiger partial charge on any atom is -0.497 e. The van der Waals surface area contributed by atoms with Crippen LogP contribution in [0.3, 0.4) is 0 Å². The molecule has 28 heavy (non-hydrogen) atoms. The molecule has 0 radical (unpaired) electrons. The smallest absolute Gasteiger partial charge is 0.414 e. The Labute approximate surface area is 161 Å². The third-order valence-electron chi connectivity index (χ3n) is 3.69. The summed E-state index contributed by atoms with van der Waals surface area (Å²) in [5.74, 6) is -0.452. The Balaban J connectivity index is 0.000000409. The number of methoxy groups -OCH3 is 2. The molecule has 3 N–H and O–H groups in total. The summed E-state index contributed by atoms with van der Waals surface area (Å²) in [4.78, 5) is 18.2. The SMILES string of the molecule is COc1cc(CNCc2ccc3c(c2)OCO3)cc(OC)c1.O=C(O)C(=O)O. The molecule has 3 rings (SSSR count). The van der Waals surface area contributed by atoms with Gasteiger partial charge in [0, 0.05) is 19.2 Å². The van der Waals surface area contributed by atoms with E-state index >= 15 is 0 Å². The molecular weight excluding hydrogens is 370 g/mol. The summed E-state index contributed by atoms with van der Waals surface area (Å²) in [6, 6.07) is 11.8. The van der Waals surface area contributed by atoms with Gasteiger partial charge < -0.3 is 34.5 Å². The van der Waals surface area contributed by atoms with E-state index < -0.39 is 11.9 Å². The van der Waals surface area contributed by atoms with Crippen molar-refractivity contribution < 1.29 is 38.7 Å². The number of carbonyl (C=O) groups is 2. The highest BCUT2D eigenvalue weighted by Crippen LogP contribution is 2.32. The largest absolute Gasteiger partial charge is 0.497 e. The number of carboxylic acids is 2. The molecule has 1 aliphatic heterocycles. The lowest BCUT2D eigenvalue weighted by molar-refractivity contribution is -0.159. The summed E-state index contributed by atoms with van der Waals surface area (Å²) in [5.41, 5.74) is 2.26. The second-order valence-electron chi connectivity index (χ2n) is 5.62. The van der Waals surface area contributed by atoms with E-state index in [0.29, 0.717) is 6.79 Å². The number of hydrogen-bond donors (Lipinski definition) is 3. The van der Waals surface area contributed by atoms with Crippen molar-refractivity contribution in [3.63, 3.8) is 0 Å². The predicted molar refractivity (Wildman–Crippen MR) is 97.9 cm³/mol. The molecule has 0 saturated carbocycles. The highest BCUT2D eigenvalue weighted by molar-refractivity contribution is 6.27. The minimum atomic E-state index is -1.82. The summed E-state index contributed by atoms with van der Waals surface area (Å²) >= 11 is 0. The molecule has 2 aromatic carbocycles. The number of aliphatic carboxylic acids is 2. The zero-order chi connectivity index (χ0) is 20.5. The second-order valence-corrected chi connectivity index (χ2v) is 5.62. The summed E-state index contributed by atoms with van der Waals surface area (Å²) < 4.78 is 21.2.